The molecule has 1 fully saturated rings. The van der Waals surface area contributed by atoms with Gasteiger partial charge < -0.3 is 15.4 Å². The summed E-state index contributed by atoms with van der Waals surface area (Å²) in [4.78, 5) is 29.1. The second-order valence-corrected chi connectivity index (χ2v) is 5.21. The van der Waals surface area contributed by atoms with Crippen LogP contribution in [0.4, 0.5) is 5.82 Å². The number of nitrogens with zero attached hydrogens (tertiary/aromatic N) is 1. The Morgan fingerprint density at radius 2 is 2.37 bits per heavy atom. The first-order valence-corrected chi connectivity index (χ1v) is 6.61. The van der Waals surface area contributed by atoms with E-state index in [9.17, 15) is 9.59 Å². The lowest BCUT2D eigenvalue weighted by atomic mass is 10.1. The molecule has 0 saturated heterocycles. The van der Waals surface area contributed by atoms with Crippen LogP contribution in [-0.2, 0) is 4.79 Å². The Hall–Kier alpha value is -1.85. The van der Waals surface area contributed by atoms with Crippen LogP contribution in [0, 0.1) is 5.92 Å². The number of carbonyl (C=O) groups is 1. The lowest BCUT2D eigenvalue weighted by Crippen LogP contribution is -2.17. The number of aromatic nitrogens is 2. The topological polar surface area (TPSA) is 95.1 Å². The van der Waals surface area contributed by atoms with Gasteiger partial charge in [0.2, 0.25) is 0 Å². The van der Waals surface area contributed by atoms with Gasteiger partial charge in [-0.2, -0.15) is 0 Å². The second kappa shape index (κ2) is 5.86. The Morgan fingerprint density at radius 3 is 3.00 bits per heavy atom. The minimum atomic E-state index is -0.780. The minimum Gasteiger partial charge on any atom is -0.481 e. The summed E-state index contributed by atoms with van der Waals surface area (Å²) in [6.07, 6.45) is 2.95. The van der Waals surface area contributed by atoms with E-state index < -0.39 is 5.97 Å². The van der Waals surface area contributed by atoms with Crippen molar-refractivity contribution in [2.75, 3.05) is 11.9 Å². The standard InChI is InChI=1S/C13H19N3O3/c1-8(2-5-12(18)19)7-14-10-6-11(17)16-13(15-10)9-3-4-9/h6,8-9H,2-5,7H2,1H3,(H,18,19)(H2,14,15,16,17). The van der Waals surface area contributed by atoms with Gasteiger partial charge >= 0.3 is 5.97 Å². The molecule has 1 aliphatic rings. The molecule has 1 aliphatic carbocycles. The lowest BCUT2D eigenvalue weighted by molar-refractivity contribution is -0.137. The van der Waals surface area contributed by atoms with Gasteiger partial charge in [-0.1, -0.05) is 6.92 Å². The summed E-state index contributed by atoms with van der Waals surface area (Å²) in [6, 6.07) is 1.44. The molecule has 1 aromatic heterocycles. The van der Waals surface area contributed by atoms with E-state index in [1.54, 1.807) is 0 Å². The highest BCUT2D eigenvalue weighted by molar-refractivity contribution is 5.66. The maximum atomic E-state index is 11.5. The fraction of sp³-hybridized carbons (Fsp3) is 0.615. The fourth-order valence-corrected chi connectivity index (χ4v) is 1.87. The highest BCUT2D eigenvalue weighted by Crippen LogP contribution is 2.37. The van der Waals surface area contributed by atoms with Crippen LogP contribution in [0.2, 0.25) is 0 Å². The quantitative estimate of drug-likeness (QED) is 0.695. The Kier molecular flexibility index (Phi) is 4.19. The molecule has 1 saturated carbocycles. The molecule has 3 N–H and O–H groups in total. The third kappa shape index (κ3) is 4.39. The maximum absolute atomic E-state index is 11.5. The Bertz CT molecular complexity index is 508. The lowest BCUT2D eigenvalue weighted by Gasteiger charge is -2.12. The summed E-state index contributed by atoms with van der Waals surface area (Å²) in [5.74, 6) is 1.18. The third-order valence-electron chi connectivity index (χ3n) is 3.21. The number of carboxylic acid groups (broad SMARTS) is 1. The average Bonchev–Trinajstić information content (AvgIpc) is 3.17. The molecular weight excluding hydrogens is 246 g/mol. The highest BCUT2D eigenvalue weighted by Gasteiger charge is 2.26. The van der Waals surface area contributed by atoms with Gasteiger partial charge in [0.1, 0.15) is 11.6 Å². The zero-order valence-electron chi connectivity index (χ0n) is 11.0. The number of hydrogen-bond acceptors (Lipinski definition) is 4. The van der Waals surface area contributed by atoms with Crippen molar-refractivity contribution in [3.05, 3.63) is 22.2 Å². The highest BCUT2D eigenvalue weighted by atomic mass is 16.4. The molecule has 6 heteroatoms. The molecule has 0 aromatic carbocycles. The molecule has 2 rings (SSSR count). The summed E-state index contributed by atoms with van der Waals surface area (Å²) in [6.45, 7) is 2.60. The van der Waals surface area contributed by atoms with Crippen molar-refractivity contribution in [2.24, 2.45) is 5.92 Å². The number of aliphatic carboxylic acids is 1. The van der Waals surface area contributed by atoms with E-state index in [2.05, 4.69) is 15.3 Å². The first kappa shape index (κ1) is 13.6. The molecule has 0 radical (unpaired) electrons. The van der Waals surface area contributed by atoms with E-state index in [4.69, 9.17) is 5.11 Å². The van der Waals surface area contributed by atoms with Crippen LogP contribution in [0.5, 0.6) is 0 Å². The van der Waals surface area contributed by atoms with Crippen LogP contribution in [0.25, 0.3) is 0 Å². The van der Waals surface area contributed by atoms with E-state index in [1.165, 1.54) is 6.07 Å². The Balaban J connectivity index is 1.88. The summed E-state index contributed by atoms with van der Waals surface area (Å²) in [5, 5.41) is 11.7. The zero-order valence-corrected chi connectivity index (χ0v) is 11.0. The number of rotatable bonds is 7. The number of carboxylic acids is 1. The van der Waals surface area contributed by atoms with Crippen molar-refractivity contribution >= 4 is 11.8 Å². The van der Waals surface area contributed by atoms with E-state index in [0.717, 1.165) is 18.7 Å². The van der Waals surface area contributed by atoms with Crippen molar-refractivity contribution in [3.63, 3.8) is 0 Å². The Morgan fingerprint density at radius 1 is 1.63 bits per heavy atom. The van der Waals surface area contributed by atoms with E-state index in [0.29, 0.717) is 24.7 Å². The van der Waals surface area contributed by atoms with Gasteiger partial charge in [0.05, 0.1) is 0 Å². The third-order valence-corrected chi connectivity index (χ3v) is 3.21. The van der Waals surface area contributed by atoms with Gasteiger partial charge in [0.15, 0.2) is 0 Å². The Labute approximate surface area is 111 Å². The van der Waals surface area contributed by atoms with Crippen molar-refractivity contribution < 1.29 is 9.90 Å². The molecule has 104 valence electrons. The monoisotopic (exact) mass is 265 g/mol. The predicted molar refractivity (Wildman–Crippen MR) is 71.4 cm³/mol. The van der Waals surface area contributed by atoms with Gasteiger partial charge in [-0.15, -0.1) is 0 Å². The number of H-pyrrole nitrogens is 1. The zero-order chi connectivity index (χ0) is 13.8. The minimum absolute atomic E-state index is 0.141. The largest absolute Gasteiger partial charge is 0.481 e. The smallest absolute Gasteiger partial charge is 0.303 e. The van der Waals surface area contributed by atoms with Crippen molar-refractivity contribution in [2.45, 2.75) is 38.5 Å². The first-order valence-electron chi connectivity index (χ1n) is 6.61. The van der Waals surface area contributed by atoms with Gasteiger partial charge in [-0.25, -0.2) is 4.98 Å². The number of hydrogen-bond donors (Lipinski definition) is 3. The molecule has 1 atom stereocenters. The number of nitrogens with one attached hydrogen (secondary N) is 2. The van der Waals surface area contributed by atoms with E-state index in [-0.39, 0.29) is 17.9 Å². The molecule has 0 amide bonds. The van der Waals surface area contributed by atoms with Gasteiger partial charge in [-0.3, -0.25) is 9.59 Å². The molecule has 1 unspecified atom stereocenters. The first-order chi connectivity index (χ1) is 9.04. The fourth-order valence-electron chi connectivity index (χ4n) is 1.87. The molecule has 0 spiro atoms. The van der Waals surface area contributed by atoms with Crippen LogP contribution in [0.15, 0.2) is 10.9 Å². The maximum Gasteiger partial charge on any atom is 0.303 e. The number of aromatic amines is 1. The molecule has 0 bridgehead atoms. The van der Waals surface area contributed by atoms with Crippen LogP contribution < -0.4 is 10.9 Å². The summed E-state index contributed by atoms with van der Waals surface area (Å²) >= 11 is 0. The van der Waals surface area contributed by atoms with Gasteiger partial charge in [0, 0.05) is 24.9 Å². The summed E-state index contributed by atoms with van der Waals surface area (Å²) in [5.41, 5.74) is -0.141. The normalized spacial score (nSPS) is 16.1. The van der Waals surface area contributed by atoms with Crippen molar-refractivity contribution in [1.29, 1.82) is 0 Å². The SMILES string of the molecule is CC(CCC(=O)O)CNc1cc(=O)[nH]c(C2CC2)n1. The number of anilines is 1. The molecule has 1 heterocycles. The second-order valence-electron chi connectivity index (χ2n) is 5.21. The van der Waals surface area contributed by atoms with Crippen LogP contribution in [0.1, 0.15) is 44.3 Å². The van der Waals surface area contributed by atoms with Crippen LogP contribution in [0.3, 0.4) is 0 Å². The van der Waals surface area contributed by atoms with Crippen molar-refractivity contribution in [3.8, 4) is 0 Å². The molecular formula is C13H19N3O3. The molecule has 6 nitrogen and oxygen atoms in total. The summed E-state index contributed by atoms with van der Waals surface area (Å²) in [7, 11) is 0. The predicted octanol–water partition coefficient (Wildman–Crippen LogP) is 1.56. The molecule has 0 aliphatic heterocycles. The average molecular weight is 265 g/mol. The van der Waals surface area contributed by atoms with E-state index in [1.807, 2.05) is 6.92 Å². The van der Waals surface area contributed by atoms with Gasteiger partial charge in [-0.05, 0) is 25.2 Å². The molecule has 1 aromatic rings. The summed E-state index contributed by atoms with van der Waals surface area (Å²) < 4.78 is 0. The van der Waals surface area contributed by atoms with Crippen LogP contribution >= 0.6 is 0 Å². The van der Waals surface area contributed by atoms with Crippen molar-refractivity contribution in [1.82, 2.24) is 9.97 Å². The molecule has 19 heavy (non-hydrogen) atoms. The van der Waals surface area contributed by atoms with Crippen LogP contribution in [-0.4, -0.2) is 27.6 Å². The van der Waals surface area contributed by atoms with Gasteiger partial charge in [0.25, 0.3) is 5.56 Å². The van der Waals surface area contributed by atoms with E-state index >= 15 is 0 Å².